The Balaban J connectivity index is 2.37. The highest BCUT2D eigenvalue weighted by Crippen LogP contribution is 2.19. The Hall–Kier alpha value is -2.05. The van der Waals surface area contributed by atoms with Gasteiger partial charge < -0.3 is 20.1 Å². The van der Waals surface area contributed by atoms with Gasteiger partial charge in [0, 0.05) is 11.8 Å². The SMILES string of the molecule is CC(Nc1cccc(OCCNC(=O)OC(C)(C)C)c1)C(F)F. The fourth-order valence-corrected chi connectivity index (χ4v) is 1.64. The molecule has 0 aliphatic rings. The Morgan fingerprint density at radius 3 is 2.61 bits per heavy atom. The number of hydrogen-bond donors (Lipinski definition) is 2. The lowest BCUT2D eigenvalue weighted by Crippen LogP contribution is -2.34. The number of carbonyl (C=O) groups excluding carboxylic acids is 1. The Labute approximate surface area is 135 Å². The number of alkyl halides is 2. The summed E-state index contributed by atoms with van der Waals surface area (Å²) in [6.45, 7) is 7.27. The van der Waals surface area contributed by atoms with Gasteiger partial charge in [0.15, 0.2) is 0 Å². The van der Waals surface area contributed by atoms with Crippen LogP contribution in [0.3, 0.4) is 0 Å². The van der Waals surface area contributed by atoms with Crippen molar-refractivity contribution in [3.8, 4) is 5.75 Å². The third-order valence-electron chi connectivity index (χ3n) is 2.65. The van der Waals surface area contributed by atoms with E-state index in [1.54, 1.807) is 45.0 Å². The molecule has 1 amide bonds. The first-order valence-electron chi connectivity index (χ1n) is 7.42. The molecule has 0 aromatic heterocycles. The first-order valence-corrected chi connectivity index (χ1v) is 7.42. The number of rotatable bonds is 7. The molecule has 2 N–H and O–H groups in total. The average molecular weight is 330 g/mol. The molecule has 1 unspecified atom stereocenters. The van der Waals surface area contributed by atoms with Crippen LogP contribution in [0.2, 0.25) is 0 Å². The molecule has 1 atom stereocenters. The number of nitrogens with one attached hydrogen (secondary N) is 2. The Kier molecular flexibility index (Phi) is 7.06. The molecule has 130 valence electrons. The third kappa shape index (κ3) is 8.23. The van der Waals surface area contributed by atoms with E-state index in [2.05, 4.69) is 10.6 Å². The van der Waals surface area contributed by atoms with Gasteiger partial charge in [0.05, 0.1) is 12.6 Å². The molecule has 0 radical (unpaired) electrons. The van der Waals surface area contributed by atoms with Crippen LogP contribution < -0.4 is 15.4 Å². The second-order valence-corrected chi connectivity index (χ2v) is 6.07. The monoisotopic (exact) mass is 330 g/mol. The normalized spacial score (nSPS) is 12.7. The van der Waals surface area contributed by atoms with Crippen molar-refractivity contribution >= 4 is 11.8 Å². The average Bonchev–Trinajstić information content (AvgIpc) is 2.42. The molecular weight excluding hydrogens is 306 g/mol. The van der Waals surface area contributed by atoms with Gasteiger partial charge in [-0.2, -0.15) is 0 Å². The van der Waals surface area contributed by atoms with Gasteiger partial charge >= 0.3 is 6.09 Å². The largest absolute Gasteiger partial charge is 0.492 e. The molecule has 0 bridgehead atoms. The minimum atomic E-state index is -2.45. The van der Waals surface area contributed by atoms with Gasteiger partial charge in [0.1, 0.15) is 18.0 Å². The number of benzene rings is 1. The molecule has 0 aliphatic carbocycles. The molecule has 0 aliphatic heterocycles. The van der Waals surface area contributed by atoms with Crippen LogP contribution in [0.4, 0.5) is 19.3 Å². The van der Waals surface area contributed by atoms with E-state index < -0.39 is 24.2 Å². The number of carbonyl (C=O) groups is 1. The molecule has 0 heterocycles. The maximum Gasteiger partial charge on any atom is 0.407 e. The van der Waals surface area contributed by atoms with Crippen LogP contribution in [0, 0.1) is 0 Å². The van der Waals surface area contributed by atoms with E-state index in [-0.39, 0.29) is 13.2 Å². The Morgan fingerprint density at radius 2 is 2.00 bits per heavy atom. The third-order valence-corrected chi connectivity index (χ3v) is 2.65. The molecule has 0 spiro atoms. The molecule has 1 aromatic carbocycles. The highest BCUT2D eigenvalue weighted by Gasteiger charge is 2.16. The molecular formula is C16H24F2N2O3. The maximum atomic E-state index is 12.5. The fourth-order valence-electron chi connectivity index (χ4n) is 1.64. The van der Waals surface area contributed by atoms with Gasteiger partial charge in [-0.1, -0.05) is 6.07 Å². The molecule has 7 heteroatoms. The predicted octanol–water partition coefficient (Wildman–Crippen LogP) is 3.66. The number of ether oxygens (including phenoxy) is 2. The predicted molar refractivity (Wildman–Crippen MR) is 85.3 cm³/mol. The lowest BCUT2D eigenvalue weighted by molar-refractivity contribution is 0.0520. The Morgan fingerprint density at radius 1 is 1.30 bits per heavy atom. The van der Waals surface area contributed by atoms with Gasteiger partial charge in [-0.25, -0.2) is 13.6 Å². The fraction of sp³-hybridized carbons (Fsp3) is 0.562. The van der Waals surface area contributed by atoms with E-state index in [1.807, 2.05) is 0 Å². The lowest BCUT2D eigenvalue weighted by atomic mass is 10.2. The second kappa shape index (κ2) is 8.55. The summed E-state index contributed by atoms with van der Waals surface area (Å²) in [6.07, 6.45) is -2.96. The van der Waals surface area contributed by atoms with E-state index >= 15 is 0 Å². The number of alkyl carbamates (subject to hydrolysis) is 1. The number of halogens is 2. The molecule has 0 fully saturated rings. The van der Waals surface area contributed by atoms with Gasteiger partial charge in [0.2, 0.25) is 0 Å². The van der Waals surface area contributed by atoms with Gasteiger partial charge in [-0.3, -0.25) is 0 Å². The van der Waals surface area contributed by atoms with Crippen LogP contribution in [-0.2, 0) is 4.74 Å². The van der Waals surface area contributed by atoms with Crippen LogP contribution in [-0.4, -0.2) is 37.3 Å². The van der Waals surface area contributed by atoms with Crippen LogP contribution in [0.1, 0.15) is 27.7 Å². The number of hydrogen-bond acceptors (Lipinski definition) is 4. The van der Waals surface area contributed by atoms with E-state index in [1.165, 1.54) is 6.92 Å². The van der Waals surface area contributed by atoms with E-state index in [4.69, 9.17) is 9.47 Å². The minimum Gasteiger partial charge on any atom is -0.492 e. The lowest BCUT2D eigenvalue weighted by Gasteiger charge is -2.19. The Bertz CT molecular complexity index is 504. The standard InChI is InChI=1S/C16H24F2N2O3/c1-11(14(17)18)20-12-6-5-7-13(10-12)22-9-8-19-15(21)23-16(2,3)4/h5-7,10-11,14,20H,8-9H2,1-4H3,(H,19,21). The van der Waals surface area contributed by atoms with Crippen LogP contribution in [0.5, 0.6) is 5.75 Å². The van der Waals surface area contributed by atoms with Crippen LogP contribution in [0.15, 0.2) is 24.3 Å². The zero-order valence-electron chi connectivity index (χ0n) is 13.9. The molecule has 0 saturated heterocycles. The molecule has 0 saturated carbocycles. The summed E-state index contributed by atoms with van der Waals surface area (Å²) in [6, 6.07) is 5.79. The van der Waals surface area contributed by atoms with Gasteiger partial charge in [-0.15, -0.1) is 0 Å². The van der Waals surface area contributed by atoms with Gasteiger partial charge in [-0.05, 0) is 39.8 Å². The zero-order valence-corrected chi connectivity index (χ0v) is 13.9. The second-order valence-electron chi connectivity index (χ2n) is 6.07. The molecule has 1 aromatic rings. The first-order chi connectivity index (χ1) is 10.7. The minimum absolute atomic E-state index is 0.243. The number of anilines is 1. The summed E-state index contributed by atoms with van der Waals surface area (Å²) < 4.78 is 35.6. The quantitative estimate of drug-likeness (QED) is 0.749. The summed E-state index contributed by atoms with van der Waals surface area (Å²) in [5, 5.41) is 5.27. The number of amides is 1. The first kappa shape index (κ1) is 19.0. The maximum absolute atomic E-state index is 12.5. The van der Waals surface area contributed by atoms with Crippen molar-refractivity contribution in [1.29, 1.82) is 0 Å². The van der Waals surface area contributed by atoms with E-state index in [9.17, 15) is 13.6 Å². The molecule has 1 rings (SSSR count). The highest BCUT2D eigenvalue weighted by atomic mass is 19.3. The van der Waals surface area contributed by atoms with Crippen molar-refractivity contribution in [3.63, 3.8) is 0 Å². The van der Waals surface area contributed by atoms with Crippen LogP contribution >= 0.6 is 0 Å². The van der Waals surface area contributed by atoms with E-state index in [0.717, 1.165) is 0 Å². The summed E-state index contributed by atoms with van der Waals surface area (Å²) >= 11 is 0. The summed E-state index contributed by atoms with van der Waals surface area (Å²) in [5.74, 6) is 0.530. The molecule has 5 nitrogen and oxygen atoms in total. The van der Waals surface area contributed by atoms with Crippen LogP contribution in [0.25, 0.3) is 0 Å². The zero-order chi connectivity index (χ0) is 17.5. The van der Waals surface area contributed by atoms with Crippen molar-refractivity contribution < 1.29 is 23.0 Å². The smallest absolute Gasteiger partial charge is 0.407 e. The molecule has 23 heavy (non-hydrogen) atoms. The van der Waals surface area contributed by atoms with Crippen molar-refractivity contribution in [2.24, 2.45) is 0 Å². The van der Waals surface area contributed by atoms with Crippen molar-refractivity contribution in [3.05, 3.63) is 24.3 Å². The van der Waals surface area contributed by atoms with Crippen molar-refractivity contribution in [2.75, 3.05) is 18.5 Å². The highest BCUT2D eigenvalue weighted by molar-refractivity contribution is 5.67. The van der Waals surface area contributed by atoms with Crippen molar-refractivity contribution in [1.82, 2.24) is 5.32 Å². The summed E-state index contributed by atoms with van der Waals surface area (Å²) in [7, 11) is 0. The summed E-state index contributed by atoms with van der Waals surface area (Å²) in [5.41, 5.74) is 0.00203. The van der Waals surface area contributed by atoms with Gasteiger partial charge in [0.25, 0.3) is 6.43 Å². The topological polar surface area (TPSA) is 59.6 Å². The van der Waals surface area contributed by atoms with Crippen molar-refractivity contribution in [2.45, 2.75) is 45.8 Å². The van der Waals surface area contributed by atoms with E-state index in [0.29, 0.717) is 11.4 Å². The summed E-state index contributed by atoms with van der Waals surface area (Å²) in [4.78, 5) is 11.4.